The van der Waals surface area contributed by atoms with Crippen molar-refractivity contribution in [1.82, 2.24) is 20.3 Å². The zero-order chi connectivity index (χ0) is 16.2. The van der Waals surface area contributed by atoms with Crippen LogP contribution < -0.4 is 5.32 Å². The fourth-order valence-electron chi connectivity index (χ4n) is 3.03. The summed E-state index contributed by atoms with van der Waals surface area (Å²) in [6.07, 6.45) is 7.13. The van der Waals surface area contributed by atoms with Crippen LogP contribution in [0.15, 0.2) is 23.5 Å². The second-order valence-electron chi connectivity index (χ2n) is 6.40. The van der Waals surface area contributed by atoms with Crippen LogP contribution in [-0.2, 0) is 4.79 Å². The lowest BCUT2D eigenvalue weighted by atomic mass is 9.87. The van der Waals surface area contributed by atoms with Crippen LogP contribution in [0.5, 0.6) is 0 Å². The SMILES string of the molecule is CC[C@@H](Sc1nc2ncccc2[nH]1)C(=O)NC1CCC(C)CC1. The van der Waals surface area contributed by atoms with E-state index in [1.54, 1.807) is 6.20 Å². The summed E-state index contributed by atoms with van der Waals surface area (Å²) >= 11 is 1.49. The second-order valence-corrected chi connectivity index (χ2v) is 7.59. The van der Waals surface area contributed by atoms with Crippen molar-refractivity contribution in [2.75, 3.05) is 0 Å². The molecule has 0 spiro atoms. The molecule has 1 saturated carbocycles. The van der Waals surface area contributed by atoms with Crippen molar-refractivity contribution in [3.63, 3.8) is 0 Å². The molecule has 2 N–H and O–H groups in total. The summed E-state index contributed by atoms with van der Waals surface area (Å²) in [5.41, 5.74) is 1.61. The molecule has 1 aliphatic carbocycles. The molecule has 2 aromatic rings. The summed E-state index contributed by atoms with van der Waals surface area (Å²) in [6, 6.07) is 4.16. The molecular weight excluding hydrogens is 308 g/mol. The van der Waals surface area contributed by atoms with E-state index in [-0.39, 0.29) is 11.2 Å². The summed E-state index contributed by atoms with van der Waals surface area (Å²) in [5.74, 6) is 0.924. The van der Waals surface area contributed by atoms with Crippen molar-refractivity contribution >= 4 is 28.8 Å². The minimum Gasteiger partial charge on any atom is -0.352 e. The number of aromatic amines is 1. The molecule has 0 saturated heterocycles. The van der Waals surface area contributed by atoms with Crippen molar-refractivity contribution in [1.29, 1.82) is 0 Å². The van der Waals surface area contributed by atoms with Gasteiger partial charge in [-0.2, -0.15) is 0 Å². The molecule has 3 rings (SSSR count). The average Bonchev–Trinajstić information content (AvgIpc) is 2.97. The molecule has 2 aromatic heterocycles. The van der Waals surface area contributed by atoms with E-state index < -0.39 is 0 Å². The summed E-state index contributed by atoms with van der Waals surface area (Å²) in [5, 5.41) is 3.87. The minimum atomic E-state index is -0.116. The zero-order valence-electron chi connectivity index (χ0n) is 13.7. The maximum Gasteiger partial charge on any atom is 0.233 e. The number of imidazole rings is 1. The van der Waals surface area contributed by atoms with Gasteiger partial charge in [0.25, 0.3) is 0 Å². The number of rotatable bonds is 5. The molecule has 5 nitrogen and oxygen atoms in total. The Balaban J connectivity index is 1.61. The van der Waals surface area contributed by atoms with Gasteiger partial charge in [-0.25, -0.2) is 9.97 Å². The average molecular weight is 332 g/mol. The van der Waals surface area contributed by atoms with Gasteiger partial charge in [0, 0.05) is 12.2 Å². The largest absolute Gasteiger partial charge is 0.352 e. The van der Waals surface area contributed by atoms with Gasteiger partial charge < -0.3 is 10.3 Å². The first-order valence-corrected chi connectivity index (χ1v) is 9.31. The first-order chi connectivity index (χ1) is 11.2. The summed E-state index contributed by atoms with van der Waals surface area (Å²) < 4.78 is 0. The molecule has 1 aliphatic rings. The van der Waals surface area contributed by atoms with E-state index in [2.05, 4.69) is 27.2 Å². The van der Waals surface area contributed by atoms with E-state index in [4.69, 9.17) is 0 Å². The molecule has 2 heterocycles. The lowest BCUT2D eigenvalue weighted by Gasteiger charge is -2.28. The maximum atomic E-state index is 12.6. The monoisotopic (exact) mass is 332 g/mol. The van der Waals surface area contributed by atoms with Gasteiger partial charge in [-0.15, -0.1) is 0 Å². The molecule has 1 fully saturated rings. The molecule has 1 amide bonds. The minimum absolute atomic E-state index is 0.116. The van der Waals surface area contributed by atoms with E-state index in [0.29, 0.717) is 11.7 Å². The number of hydrogen-bond donors (Lipinski definition) is 2. The highest BCUT2D eigenvalue weighted by atomic mass is 32.2. The Morgan fingerprint density at radius 3 is 2.91 bits per heavy atom. The number of amides is 1. The van der Waals surface area contributed by atoms with Crippen LogP contribution in [0.4, 0.5) is 0 Å². The number of nitrogens with zero attached hydrogens (tertiary/aromatic N) is 2. The van der Waals surface area contributed by atoms with Crippen LogP contribution in [0.1, 0.15) is 46.0 Å². The number of nitrogens with one attached hydrogen (secondary N) is 2. The third-order valence-corrected chi connectivity index (χ3v) is 5.76. The third-order valence-electron chi connectivity index (χ3n) is 4.52. The van der Waals surface area contributed by atoms with Crippen LogP contribution in [0.3, 0.4) is 0 Å². The van der Waals surface area contributed by atoms with Crippen LogP contribution in [0.25, 0.3) is 11.2 Å². The van der Waals surface area contributed by atoms with Gasteiger partial charge in [-0.05, 0) is 50.2 Å². The van der Waals surface area contributed by atoms with Crippen molar-refractivity contribution < 1.29 is 4.79 Å². The first-order valence-electron chi connectivity index (χ1n) is 8.43. The van der Waals surface area contributed by atoms with Crippen LogP contribution in [-0.4, -0.2) is 32.2 Å². The Bertz CT molecular complexity index is 630. The highest BCUT2D eigenvalue weighted by Crippen LogP contribution is 2.27. The molecule has 124 valence electrons. The quantitative estimate of drug-likeness (QED) is 0.822. The molecule has 6 heteroatoms. The molecular formula is C17H24N4OS. The van der Waals surface area contributed by atoms with Crippen LogP contribution >= 0.6 is 11.8 Å². The number of pyridine rings is 1. The third kappa shape index (κ3) is 4.05. The predicted octanol–water partition coefficient (Wildman–Crippen LogP) is 3.52. The Labute approximate surface area is 141 Å². The smallest absolute Gasteiger partial charge is 0.233 e. The van der Waals surface area contributed by atoms with E-state index >= 15 is 0 Å². The topological polar surface area (TPSA) is 70.7 Å². The highest BCUT2D eigenvalue weighted by Gasteiger charge is 2.25. The summed E-state index contributed by atoms with van der Waals surface area (Å²) in [7, 11) is 0. The number of thioether (sulfide) groups is 1. The van der Waals surface area contributed by atoms with Gasteiger partial charge in [0.15, 0.2) is 10.8 Å². The van der Waals surface area contributed by atoms with E-state index in [0.717, 1.165) is 35.9 Å². The fraction of sp³-hybridized carbons (Fsp3) is 0.588. The van der Waals surface area contributed by atoms with Crippen molar-refractivity contribution in [3.8, 4) is 0 Å². The van der Waals surface area contributed by atoms with Gasteiger partial charge in [-0.1, -0.05) is 25.6 Å². The molecule has 0 bridgehead atoms. The summed E-state index contributed by atoms with van der Waals surface area (Å²) in [6.45, 7) is 4.33. The number of hydrogen-bond acceptors (Lipinski definition) is 4. The second kappa shape index (κ2) is 7.34. The fourth-order valence-corrected chi connectivity index (χ4v) is 3.95. The normalized spacial score (nSPS) is 22.9. The summed E-state index contributed by atoms with van der Waals surface area (Å²) in [4.78, 5) is 24.5. The lowest BCUT2D eigenvalue weighted by Crippen LogP contribution is -2.41. The number of fused-ring (bicyclic) bond motifs is 1. The highest BCUT2D eigenvalue weighted by molar-refractivity contribution is 8.00. The van der Waals surface area contributed by atoms with E-state index in [1.807, 2.05) is 19.1 Å². The van der Waals surface area contributed by atoms with Crippen molar-refractivity contribution in [2.24, 2.45) is 5.92 Å². The molecule has 0 aliphatic heterocycles. The Kier molecular flexibility index (Phi) is 5.20. The van der Waals surface area contributed by atoms with Gasteiger partial charge in [0.05, 0.1) is 10.8 Å². The van der Waals surface area contributed by atoms with Crippen LogP contribution in [0.2, 0.25) is 0 Å². The molecule has 0 radical (unpaired) electrons. The number of carbonyl (C=O) groups is 1. The van der Waals surface area contributed by atoms with E-state index in [9.17, 15) is 4.79 Å². The first kappa shape index (κ1) is 16.3. The zero-order valence-corrected chi connectivity index (χ0v) is 14.5. The standard InChI is InChI=1S/C17H24N4OS/c1-3-14(16(22)19-12-8-6-11(2)7-9-12)23-17-20-13-5-4-10-18-15(13)21-17/h4-5,10-12,14H,3,6-9H2,1-2H3,(H,19,22)(H,18,20,21)/t11?,12?,14-/m1/s1. The van der Waals surface area contributed by atoms with Crippen molar-refractivity contribution in [2.45, 2.75) is 62.4 Å². The number of aromatic nitrogens is 3. The van der Waals surface area contributed by atoms with Gasteiger partial charge in [0.1, 0.15) is 0 Å². The van der Waals surface area contributed by atoms with Crippen LogP contribution in [0, 0.1) is 5.92 Å². The number of H-pyrrole nitrogens is 1. The molecule has 0 unspecified atom stereocenters. The number of carbonyl (C=O) groups excluding carboxylic acids is 1. The Morgan fingerprint density at radius 1 is 1.43 bits per heavy atom. The van der Waals surface area contributed by atoms with Gasteiger partial charge >= 0.3 is 0 Å². The molecule has 0 aromatic carbocycles. The van der Waals surface area contributed by atoms with E-state index in [1.165, 1.54) is 24.6 Å². The molecule has 23 heavy (non-hydrogen) atoms. The molecule has 1 atom stereocenters. The maximum absolute atomic E-state index is 12.6. The van der Waals surface area contributed by atoms with Gasteiger partial charge in [-0.3, -0.25) is 4.79 Å². The Morgan fingerprint density at radius 2 is 2.22 bits per heavy atom. The van der Waals surface area contributed by atoms with Gasteiger partial charge in [0.2, 0.25) is 5.91 Å². The Hall–Kier alpha value is -1.56. The lowest BCUT2D eigenvalue weighted by molar-refractivity contribution is -0.121. The predicted molar refractivity (Wildman–Crippen MR) is 93.4 cm³/mol. The van der Waals surface area contributed by atoms with Crippen molar-refractivity contribution in [3.05, 3.63) is 18.3 Å².